The quantitative estimate of drug-likeness (QED) is 0.234. The van der Waals surface area contributed by atoms with Crippen LogP contribution >= 0.6 is 0 Å². The summed E-state index contributed by atoms with van der Waals surface area (Å²) in [7, 11) is 0. The van der Waals surface area contributed by atoms with E-state index < -0.39 is 0 Å². The minimum absolute atomic E-state index is 0.686. The van der Waals surface area contributed by atoms with E-state index in [2.05, 4.69) is 111 Å². The predicted molar refractivity (Wildman–Crippen MR) is 165 cm³/mol. The number of aromatic nitrogens is 6. The molecule has 41 heavy (non-hydrogen) atoms. The maximum Gasteiger partial charge on any atom is 0.223 e. The third kappa shape index (κ3) is 3.10. The van der Waals surface area contributed by atoms with E-state index in [1.165, 1.54) is 0 Å². The third-order valence-electron chi connectivity index (χ3n) is 7.86. The average Bonchev–Trinajstić information content (AvgIpc) is 3.67. The molecular weight excluding hydrogens is 504 g/mol. The number of benzene rings is 5. The number of hydrogen-bond donors (Lipinski definition) is 0. The summed E-state index contributed by atoms with van der Waals surface area (Å²) in [5.74, 6) is 2.31. The highest BCUT2D eigenvalue weighted by molar-refractivity contribution is 6.09. The Bertz CT molecular complexity index is 2410. The summed E-state index contributed by atoms with van der Waals surface area (Å²) in [5, 5.41) is 2.12. The van der Waals surface area contributed by atoms with Crippen LogP contribution in [-0.4, -0.2) is 28.5 Å². The van der Waals surface area contributed by atoms with E-state index in [1.54, 1.807) is 0 Å². The normalized spacial score (nSPS) is 11.9. The number of nitrogens with zero attached hydrogens (tertiary/aromatic N) is 6. The van der Waals surface area contributed by atoms with Crippen molar-refractivity contribution in [2.75, 3.05) is 0 Å². The largest absolute Gasteiger partial charge is 0.292 e. The molecule has 0 aliphatic carbocycles. The number of hydrogen-bond acceptors (Lipinski definition) is 3. The highest BCUT2D eigenvalue weighted by Gasteiger charge is 2.25. The van der Waals surface area contributed by atoms with Gasteiger partial charge in [-0.15, -0.1) is 0 Å². The second-order valence-corrected chi connectivity index (χ2v) is 10.2. The number of rotatable bonds is 3. The second kappa shape index (κ2) is 8.37. The first-order chi connectivity index (χ1) is 20.4. The first-order valence-electron chi connectivity index (χ1n) is 13.7. The summed E-state index contributed by atoms with van der Waals surface area (Å²) in [5.41, 5.74) is 8.17. The lowest BCUT2D eigenvalue weighted by atomic mass is 10.2. The summed E-state index contributed by atoms with van der Waals surface area (Å²) < 4.78 is 6.73. The van der Waals surface area contributed by atoms with Gasteiger partial charge in [-0.25, -0.2) is 9.97 Å². The monoisotopic (exact) mass is 526 g/mol. The van der Waals surface area contributed by atoms with E-state index in [9.17, 15) is 0 Å². The number of fused-ring (bicyclic) bond motifs is 8. The fraction of sp³-hybridized carbons (Fsp3) is 0. The van der Waals surface area contributed by atoms with Gasteiger partial charge in [0.05, 0.1) is 22.1 Å². The van der Waals surface area contributed by atoms with Crippen molar-refractivity contribution < 1.29 is 0 Å². The van der Waals surface area contributed by atoms with Gasteiger partial charge in [0.15, 0.2) is 17.3 Å². The Morgan fingerprint density at radius 2 is 1.10 bits per heavy atom. The van der Waals surface area contributed by atoms with Crippen molar-refractivity contribution in [3.63, 3.8) is 0 Å². The minimum atomic E-state index is 0.686. The summed E-state index contributed by atoms with van der Waals surface area (Å²) in [4.78, 5) is 15.5. The molecule has 0 aliphatic heterocycles. The van der Waals surface area contributed by atoms with E-state index in [0.29, 0.717) is 5.82 Å². The van der Waals surface area contributed by atoms with Crippen LogP contribution in [0.1, 0.15) is 0 Å². The zero-order valence-corrected chi connectivity index (χ0v) is 21.9. The van der Waals surface area contributed by atoms with E-state index in [-0.39, 0.29) is 0 Å². The van der Waals surface area contributed by atoms with Crippen molar-refractivity contribution in [2.24, 2.45) is 0 Å². The summed E-state index contributed by atoms with van der Waals surface area (Å²) in [6.45, 7) is 0. The first kappa shape index (κ1) is 22.1. The van der Waals surface area contributed by atoms with Crippen LogP contribution in [0.5, 0.6) is 0 Å². The van der Waals surface area contributed by atoms with Crippen LogP contribution in [0, 0.1) is 0 Å². The second-order valence-electron chi connectivity index (χ2n) is 10.2. The van der Waals surface area contributed by atoms with Crippen molar-refractivity contribution in [3.05, 3.63) is 133 Å². The molecule has 0 radical (unpaired) electrons. The van der Waals surface area contributed by atoms with Gasteiger partial charge in [-0.3, -0.25) is 13.5 Å². The zero-order valence-electron chi connectivity index (χ0n) is 21.9. The van der Waals surface area contributed by atoms with Crippen molar-refractivity contribution in [1.82, 2.24) is 28.5 Å². The van der Waals surface area contributed by atoms with Gasteiger partial charge in [0.25, 0.3) is 0 Å². The molecule has 9 rings (SSSR count). The minimum Gasteiger partial charge on any atom is -0.292 e. The molecule has 0 unspecified atom stereocenters. The van der Waals surface area contributed by atoms with Gasteiger partial charge >= 0.3 is 0 Å². The average molecular weight is 527 g/mol. The van der Waals surface area contributed by atoms with Crippen LogP contribution in [0.2, 0.25) is 0 Å². The van der Waals surface area contributed by atoms with E-state index in [0.717, 1.165) is 66.8 Å². The molecule has 0 saturated heterocycles. The SMILES string of the molecule is c1ccc(-c2nc(-n3c4ccccc4n4c5c6ccccc6n(-c6ccccc6)c5nc34)c3ccccc3n2)cc1. The van der Waals surface area contributed by atoms with Crippen molar-refractivity contribution in [1.29, 1.82) is 0 Å². The maximum atomic E-state index is 5.38. The first-order valence-corrected chi connectivity index (χ1v) is 13.7. The Morgan fingerprint density at radius 3 is 1.90 bits per heavy atom. The fourth-order valence-electron chi connectivity index (χ4n) is 6.10. The van der Waals surface area contributed by atoms with Crippen molar-refractivity contribution >= 4 is 49.8 Å². The molecule has 0 bridgehead atoms. The van der Waals surface area contributed by atoms with Crippen LogP contribution in [0.4, 0.5) is 0 Å². The molecule has 4 aromatic heterocycles. The molecule has 0 aliphatic rings. The van der Waals surface area contributed by atoms with Crippen molar-refractivity contribution in [3.8, 4) is 22.9 Å². The molecule has 0 amide bonds. The molecule has 0 spiro atoms. The highest BCUT2D eigenvalue weighted by atomic mass is 15.3. The maximum absolute atomic E-state index is 5.38. The number of para-hydroxylation sites is 5. The summed E-state index contributed by atoms with van der Waals surface area (Å²) in [6.07, 6.45) is 0. The van der Waals surface area contributed by atoms with Gasteiger partial charge in [-0.05, 0) is 42.5 Å². The van der Waals surface area contributed by atoms with Gasteiger partial charge in [0.1, 0.15) is 5.52 Å². The summed E-state index contributed by atoms with van der Waals surface area (Å²) >= 11 is 0. The van der Waals surface area contributed by atoms with Gasteiger partial charge in [-0.1, -0.05) is 91.0 Å². The molecule has 0 N–H and O–H groups in total. The van der Waals surface area contributed by atoms with Crippen LogP contribution < -0.4 is 0 Å². The lowest BCUT2D eigenvalue weighted by Crippen LogP contribution is -2.03. The Kier molecular flexibility index (Phi) is 4.51. The number of imidazole rings is 2. The topological polar surface area (TPSA) is 52.9 Å². The van der Waals surface area contributed by atoms with E-state index in [1.807, 2.05) is 36.4 Å². The molecular formula is C35H22N6. The standard InChI is InChI=1S/C35H22N6/c1-3-13-23(14-4-1)32-36-27-19-9-7-17-25(27)33(37-32)41-30-22-12-11-21-29(30)40-31-26-18-8-10-20-28(26)39(34(31)38-35(40)41)24-15-5-2-6-16-24/h1-22H. The predicted octanol–water partition coefficient (Wildman–Crippen LogP) is 7.99. The molecule has 4 heterocycles. The Morgan fingerprint density at radius 1 is 0.463 bits per heavy atom. The Hall–Kier alpha value is -5.75. The van der Waals surface area contributed by atoms with Gasteiger partial charge in [-0.2, -0.15) is 4.98 Å². The van der Waals surface area contributed by atoms with Gasteiger partial charge in [0, 0.05) is 22.0 Å². The highest BCUT2D eigenvalue weighted by Crippen LogP contribution is 2.37. The van der Waals surface area contributed by atoms with Crippen LogP contribution in [0.25, 0.3) is 72.7 Å². The van der Waals surface area contributed by atoms with E-state index in [4.69, 9.17) is 15.0 Å². The molecule has 6 heteroatoms. The van der Waals surface area contributed by atoms with Crippen LogP contribution in [0.3, 0.4) is 0 Å². The molecule has 5 aromatic carbocycles. The Labute approximate surface area is 234 Å². The van der Waals surface area contributed by atoms with Gasteiger partial charge < -0.3 is 0 Å². The molecule has 0 atom stereocenters. The van der Waals surface area contributed by atoms with Crippen LogP contribution in [-0.2, 0) is 0 Å². The smallest absolute Gasteiger partial charge is 0.223 e. The van der Waals surface area contributed by atoms with Gasteiger partial charge in [0.2, 0.25) is 5.78 Å². The molecule has 9 aromatic rings. The molecule has 6 nitrogen and oxygen atoms in total. The fourth-order valence-corrected chi connectivity index (χ4v) is 6.10. The lowest BCUT2D eigenvalue weighted by Gasteiger charge is -2.11. The summed E-state index contributed by atoms with van der Waals surface area (Å²) in [6, 6.07) is 45.8. The molecule has 192 valence electrons. The molecule has 0 fully saturated rings. The van der Waals surface area contributed by atoms with E-state index >= 15 is 0 Å². The molecule has 0 saturated carbocycles. The van der Waals surface area contributed by atoms with Crippen LogP contribution in [0.15, 0.2) is 133 Å². The third-order valence-corrected chi connectivity index (χ3v) is 7.86. The lowest BCUT2D eigenvalue weighted by molar-refractivity contribution is 1.04. The van der Waals surface area contributed by atoms with Crippen molar-refractivity contribution in [2.45, 2.75) is 0 Å². The Balaban J connectivity index is 1.47. The zero-order chi connectivity index (χ0) is 26.9.